The van der Waals surface area contributed by atoms with Crippen molar-refractivity contribution in [2.45, 2.75) is 84.9 Å². The zero-order valence-electron chi connectivity index (χ0n) is 20.7. The van der Waals surface area contributed by atoms with Gasteiger partial charge in [-0.3, -0.25) is 14.5 Å². The highest BCUT2D eigenvalue weighted by molar-refractivity contribution is 5.87. The van der Waals surface area contributed by atoms with Gasteiger partial charge in [-0.1, -0.05) is 45.3 Å². The molecule has 4 atom stereocenters. The van der Waals surface area contributed by atoms with E-state index in [4.69, 9.17) is 4.74 Å². The molecule has 0 bridgehead atoms. The summed E-state index contributed by atoms with van der Waals surface area (Å²) in [4.78, 5) is 29.3. The Morgan fingerprint density at radius 3 is 2.13 bits per heavy atom. The van der Waals surface area contributed by atoms with Crippen LogP contribution in [0.2, 0.25) is 0 Å². The lowest BCUT2D eigenvalue weighted by Crippen LogP contribution is -2.53. The maximum Gasteiger partial charge on any atom is 0.242 e. The first-order valence-corrected chi connectivity index (χ1v) is 11.4. The van der Waals surface area contributed by atoms with E-state index in [1.807, 2.05) is 39.9 Å². The van der Waals surface area contributed by atoms with Crippen LogP contribution in [0.3, 0.4) is 0 Å². The standard InChI is InChI=1S/C24H45N3O3/c1-10-17(4)23(20(30-9)14-18(5)19-12-11-13-19)27(8)21(28)15-25-24(29)22(16(2)3)26(6)7/h16-17,20,22-23H,10-15H2,1-9H3,(H,25,29). The number of rotatable bonds is 12. The molecule has 0 aromatic carbocycles. The van der Waals surface area contributed by atoms with E-state index in [2.05, 4.69) is 26.1 Å². The minimum atomic E-state index is -0.253. The zero-order valence-corrected chi connectivity index (χ0v) is 20.7. The molecule has 0 aliphatic heterocycles. The largest absolute Gasteiger partial charge is 0.379 e. The topological polar surface area (TPSA) is 61.9 Å². The van der Waals surface area contributed by atoms with E-state index in [9.17, 15) is 9.59 Å². The third-order valence-corrected chi connectivity index (χ3v) is 6.69. The summed E-state index contributed by atoms with van der Waals surface area (Å²) in [7, 11) is 7.36. The smallest absolute Gasteiger partial charge is 0.242 e. The summed E-state index contributed by atoms with van der Waals surface area (Å²) >= 11 is 0. The van der Waals surface area contributed by atoms with Gasteiger partial charge < -0.3 is 15.0 Å². The van der Waals surface area contributed by atoms with Crippen molar-refractivity contribution in [3.63, 3.8) is 0 Å². The highest BCUT2D eigenvalue weighted by Crippen LogP contribution is 2.32. The van der Waals surface area contributed by atoms with E-state index >= 15 is 0 Å². The average molecular weight is 424 g/mol. The fourth-order valence-corrected chi connectivity index (χ4v) is 4.50. The summed E-state index contributed by atoms with van der Waals surface area (Å²) < 4.78 is 5.90. The van der Waals surface area contributed by atoms with Gasteiger partial charge in [-0.05, 0) is 58.5 Å². The summed E-state index contributed by atoms with van der Waals surface area (Å²) in [5.74, 6) is 0.279. The summed E-state index contributed by atoms with van der Waals surface area (Å²) in [5.41, 5.74) is 2.95. The lowest BCUT2D eigenvalue weighted by Gasteiger charge is -2.38. The number of nitrogens with zero attached hydrogens (tertiary/aromatic N) is 2. The number of hydrogen-bond donors (Lipinski definition) is 1. The highest BCUT2D eigenvalue weighted by atomic mass is 16.5. The lowest BCUT2D eigenvalue weighted by atomic mass is 9.83. The van der Waals surface area contributed by atoms with Crippen LogP contribution in [-0.4, -0.2) is 74.6 Å². The molecule has 30 heavy (non-hydrogen) atoms. The Morgan fingerprint density at radius 2 is 1.73 bits per heavy atom. The molecule has 1 aliphatic carbocycles. The molecule has 4 unspecified atom stereocenters. The highest BCUT2D eigenvalue weighted by Gasteiger charge is 2.33. The molecule has 0 aromatic heterocycles. The van der Waals surface area contributed by atoms with Crippen molar-refractivity contribution in [3.8, 4) is 0 Å². The van der Waals surface area contributed by atoms with Gasteiger partial charge in [-0.15, -0.1) is 0 Å². The lowest BCUT2D eigenvalue weighted by molar-refractivity contribution is -0.138. The number of carbonyl (C=O) groups is 2. The molecule has 0 spiro atoms. The second-order valence-electron chi connectivity index (χ2n) is 9.47. The summed E-state index contributed by atoms with van der Waals surface area (Å²) in [5, 5.41) is 2.85. The second kappa shape index (κ2) is 12.5. The quantitative estimate of drug-likeness (QED) is 0.488. The molecule has 1 fully saturated rings. The van der Waals surface area contributed by atoms with Crippen molar-refractivity contribution < 1.29 is 14.3 Å². The fourth-order valence-electron chi connectivity index (χ4n) is 4.50. The number of hydrogen-bond acceptors (Lipinski definition) is 4. The molecule has 174 valence electrons. The monoisotopic (exact) mass is 423 g/mol. The van der Waals surface area contributed by atoms with E-state index in [1.54, 1.807) is 17.6 Å². The predicted octanol–water partition coefficient (Wildman–Crippen LogP) is 3.47. The minimum Gasteiger partial charge on any atom is -0.379 e. The number of ether oxygens (including phenoxy) is 1. The number of amides is 2. The number of carbonyl (C=O) groups excluding carboxylic acids is 2. The number of methoxy groups -OCH3 is 1. The Kier molecular flexibility index (Phi) is 11.1. The van der Waals surface area contributed by atoms with Crippen LogP contribution in [0.15, 0.2) is 11.1 Å². The van der Waals surface area contributed by atoms with E-state index in [0.29, 0.717) is 5.92 Å². The van der Waals surface area contributed by atoms with Crippen LogP contribution in [0.4, 0.5) is 0 Å². The van der Waals surface area contributed by atoms with Gasteiger partial charge in [0, 0.05) is 14.2 Å². The predicted molar refractivity (Wildman–Crippen MR) is 123 cm³/mol. The molecule has 1 N–H and O–H groups in total. The van der Waals surface area contributed by atoms with Crippen molar-refractivity contribution in [1.29, 1.82) is 0 Å². The van der Waals surface area contributed by atoms with Crippen molar-refractivity contribution >= 4 is 11.8 Å². The molecular weight excluding hydrogens is 378 g/mol. The van der Waals surface area contributed by atoms with Crippen LogP contribution in [0.5, 0.6) is 0 Å². The molecule has 6 heteroatoms. The normalized spacial score (nSPS) is 17.9. The van der Waals surface area contributed by atoms with Crippen molar-refractivity contribution in [2.75, 3.05) is 34.8 Å². The maximum absolute atomic E-state index is 13.0. The molecule has 6 nitrogen and oxygen atoms in total. The number of nitrogens with one attached hydrogen (secondary N) is 1. The van der Waals surface area contributed by atoms with Gasteiger partial charge in [0.2, 0.25) is 11.8 Å². The van der Waals surface area contributed by atoms with E-state index in [-0.39, 0.29) is 42.5 Å². The number of likely N-dealkylation sites (N-methyl/N-ethyl adjacent to an activating group) is 2. The Balaban J connectivity index is 2.87. The molecule has 0 heterocycles. The molecular formula is C24H45N3O3. The summed E-state index contributed by atoms with van der Waals surface area (Å²) in [6, 6.07) is -0.285. The fraction of sp³-hybridized carbons (Fsp3) is 0.833. The van der Waals surface area contributed by atoms with Gasteiger partial charge in [0.05, 0.1) is 24.7 Å². The Hall–Kier alpha value is -1.40. The van der Waals surface area contributed by atoms with Crippen molar-refractivity contribution in [3.05, 3.63) is 11.1 Å². The van der Waals surface area contributed by atoms with Gasteiger partial charge in [-0.2, -0.15) is 0 Å². The Labute approximate surface area is 184 Å². The Bertz CT molecular complexity index is 587. The first kappa shape index (κ1) is 26.6. The van der Waals surface area contributed by atoms with Crippen molar-refractivity contribution in [1.82, 2.24) is 15.1 Å². The molecule has 1 saturated carbocycles. The average Bonchev–Trinajstić information content (AvgIpc) is 2.62. The van der Waals surface area contributed by atoms with Gasteiger partial charge >= 0.3 is 0 Å². The molecule has 2 amide bonds. The summed E-state index contributed by atoms with van der Waals surface area (Å²) in [6.07, 6.45) is 5.42. The van der Waals surface area contributed by atoms with Gasteiger partial charge in [0.1, 0.15) is 0 Å². The summed E-state index contributed by atoms with van der Waals surface area (Å²) in [6.45, 7) is 10.6. The van der Waals surface area contributed by atoms with Crippen LogP contribution in [0.25, 0.3) is 0 Å². The zero-order chi connectivity index (χ0) is 23.0. The number of allylic oxidation sites excluding steroid dienone is 1. The SMILES string of the molecule is CCC(C)C(C(CC(C)=C1CCC1)OC)N(C)C(=O)CNC(=O)C(C(C)C)N(C)C. The Morgan fingerprint density at radius 1 is 1.13 bits per heavy atom. The van der Waals surface area contributed by atoms with Crippen LogP contribution >= 0.6 is 0 Å². The van der Waals surface area contributed by atoms with E-state index in [1.165, 1.54) is 24.8 Å². The molecule has 1 rings (SSSR count). The first-order valence-electron chi connectivity index (χ1n) is 11.4. The van der Waals surface area contributed by atoms with Crippen LogP contribution in [-0.2, 0) is 14.3 Å². The first-order chi connectivity index (χ1) is 14.0. The third-order valence-electron chi connectivity index (χ3n) is 6.69. The third kappa shape index (κ3) is 7.09. The molecule has 0 saturated heterocycles. The van der Waals surface area contributed by atoms with Crippen LogP contribution < -0.4 is 5.32 Å². The second-order valence-corrected chi connectivity index (χ2v) is 9.47. The molecule has 0 radical (unpaired) electrons. The minimum absolute atomic E-state index is 0.00976. The van der Waals surface area contributed by atoms with Gasteiger partial charge in [0.25, 0.3) is 0 Å². The molecule has 0 aromatic rings. The van der Waals surface area contributed by atoms with E-state index in [0.717, 1.165) is 12.8 Å². The van der Waals surface area contributed by atoms with Crippen LogP contribution in [0, 0.1) is 11.8 Å². The molecule has 1 aliphatic rings. The van der Waals surface area contributed by atoms with Gasteiger partial charge in [-0.25, -0.2) is 0 Å². The van der Waals surface area contributed by atoms with Gasteiger partial charge in [0.15, 0.2) is 0 Å². The van der Waals surface area contributed by atoms with E-state index < -0.39 is 0 Å². The van der Waals surface area contributed by atoms with Crippen LogP contribution in [0.1, 0.15) is 66.7 Å². The maximum atomic E-state index is 13.0. The van der Waals surface area contributed by atoms with Crippen molar-refractivity contribution in [2.24, 2.45) is 11.8 Å².